The Balaban J connectivity index is 2.36. The number of aromatic nitrogens is 2. The maximum Gasteiger partial charge on any atom is 0.272 e. The van der Waals surface area contributed by atoms with Crippen molar-refractivity contribution >= 4 is 27.5 Å². The van der Waals surface area contributed by atoms with Gasteiger partial charge in [-0.3, -0.25) is 9.20 Å². The molecule has 0 aliphatic carbocycles. The first-order chi connectivity index (χ1) is 10.6. The van der Waals surface area contributed by atoms with Gasteiger partial charge in [-0.25, -0.2) is 4.98 Å². The minimum Gasteiger partial charge on any atom is -0.383 e. The summed E-state index contributed by atoms with van der Waals surface area (Å²) < 4.78 is 12.9. The van der Waals surface area contributed by atoms with Crippen molar-refractivity contribution in [2.45, 2.75) is 6.92 Å². The van der Waals surface area contributed by atoms with E-state index in [0.29, 0.717) is 37.7 Å². The van der Waals surface area contributed by atoms with Crippen LogP contribution in [-0.2, 0) is 9.47 Å². The third kappa shape index (κ3) is 3.66. The molecule has 0 aromatic carbocycles. The number of halogens is 1. The molecule has 0 N–H and O–H groups in total. The third-order valence-electron chi connectivity index (χ3n) is 3.38. The summed E-state index contributed by atoms with van der Waals surface area (Å²) in [7, 11) is 3.24. The molecule has 7 heteroatoms. The van der Waals surface area contributed by atoms with Gasteiger partial charge in [-0.1, -0.05) is 0 Å². The molecule has 0 spiro atoms. The molecule has 0 saturated heterocycles. The van der Waals surface area contributed by atoms with Gasteiger partial charge in [0, 0.05) is 38.0 Å². The Morgan fingerprint density at radius 3 is 2.50 bits per heavy atom. The van der Waals surface area contributed by atoms with Gasteiger partial charge in [-0.05, 0) is 35.0 Å². The number of hydrogen-bond acceptors (Lipinski definition) is 4. The van der Waals surface area contributed by atoms with E-state index < -0.39 is 0 Å². The van der Waals surface area contributed by atoms with Crippen LogP contribution in [0.25, 0.3) is 5.65 Å². The predicted octanol–water partition coefficient (Wildman–Crippen LogP) is 2.14. The maximum atomic E-state index is 12.9. The van der Waals surface area contributed by atoms with Crippen LogP contribution < -0.4 is 0 Å². The number of carbonyl (C=O) groups is 1. The van der Waals surface area contributed by atoms with Crippen molar-refractivity contribution in [3.8, 4) is 0 Å². The fraction of sp³-hybridized carbons (Fsp3) is 0.467. The average molecular weight is 370 g/mol. The lowest BCUT2D eigenvalue weighted by molar-refractivity contribution is 0.0620. The van der Waals surface area contributed by atoms with E-state index in [-0.39, 0.29) is 5.91 Å². The lowest BCUT2D eigenvalue weighted by atomic mass is 10.3. The van der Waals surface area contributed by atoms with Crippen molar-refractivity contribution in [3.63, 3.8) is 0 Å². The zero-order valence-corrected chi connectivity index (χ0v) is 14.6. The van der Waals surface area contributed by atoms with Gasteiger partial charge in [0.1, 0.15) is 11.3 Å². The highest BCUT2D eigenvalue weighted by Gasteiger charge is 2.22. The zero-order valence-electron chi connectivity index (χ0n) is 13.0. The highest BCUT2D eigenvalue weighted by molar-refractivity contribution is 9.10. The van der Waals surface area contributed by atoms with Gasteiger partial charge in [0.2, 0.25) is 0 Å². The van der Waals surface area contributed by atoms with E-state index in [0.717, 1.165) is 10.1 Å². The summed E-state index contributed by atoms with van der Waals surface area (Å²) in [6, 6.07) is 3.78. The molecule has 120 valence electrons. The average Bonchev–Trinajstić information content (AvgIpc) is 2.82. The van der Waals surface area contributed by atoms with E-state index in [1.54, 1.807) is 19.1 Å². The standard InChI is InChI=1S/C15H20BrN3O3/c1-11-14(19-10-12(16)4-5-13(19)17-11)15(20)18(6-8-21-2)7-9-22-3/h4-5,10H,6-9H2,1-3H3. The summed E-state index contributed by atoms with van der Waals surface area (Å²) in [6.45, 7) is 3.83. The van der Waals surface area contributed by atoms with Gasteiger partial charge in [0.25, 0.3) is 5.91 Å². The number of amides is 1. The fourth-order valence-electron chi connectivity index (χ4n) is 2.26. The van der Waals surface area contributed by atoms with Crippen molar-refractivity contribution in [2.75, 3.05) is 40.5 Å². The number of rotatable bonds is 7. The quantitative estimate of drug-likeness (QED) is 0.750. The first kappa shape index (κ1) is 16.9. The second-order valence-corrected chi connectivity index (χ2v) is 5.81. The van der Waals surface area contributed by atoms with Gasteiger partial charge in [0.05, 0.1) is 18.9 Å². The smallest absolute Gasteiger partial charge is 0.272 e. The molecule has 0 unspecified atom stereocenters. The predicted molar refractivity (Wildman–Crippen MR) is 87.3 cm³/mol. The summed E-state index contributed by atoms with van der Waals surface area (Å²) in [5.74, 6) is -0.0720. The lowest BCUT2D eigenvalue weighted by Crippen LogP contribution is -2.37. The number of ether oxygens (including phenoxy) is 2. The molecular formula is C15H20BrN3O3. The number of hydrogen-bond donors (Lipinski definition) is 0. The van der Waals surface area contributed by atoms with Crippen molar-refractivity contribution in [3.05, 3.63) is 34.2 Å². The van der Waals surface area contributed by atoms with Crippen molar-refractivity contribution in [1.29, 1.82) is 0 Å². The van der Waals surface area contributed by atoms with Gasteiger partial charge in [0.15, 0.2) is 0 Å². The van der Waals surface area contributed by atoms with Crippen LogP contribution in [0.5, 0.6) is 0 Å². The maximum absolute atomic E-state index is 12.9. The lowest BCUT2D eigenvalue weighted by Gasteiger charge is -2.22. The molecule has 2 aromatic heterocycles. The van der Waals surface area contributed by atoms with Crippen LogP contribution in [0.2, 0.25) is 0 Å². The molecule has 0 saturated carbocycles. The second-order valence-electron chi connectivity index (χ2n) is 4.90. The number of methoxy groups -OCH3 is 2. The van der Waals surface area contributed by atoms with Crippen LogP contribution >= 0.6 is 15.9 Å². The summed E-state index contributed by atoms with van der Waals surface area (Å²) in [5, 5.41) is 0. The van der Waals surface area contributed by atoms with Crippen LogP contribution in [-0.4, -0.2) is 60.7 Å². The molecule has 2 aromatic rings. The Hall–Kier alpha value is -1.44. The number of aryl methyl sites for hydroxylation is 1. The van der Waals surface area contributed by atoms with E-state index >= 15 is 0 Å². The van der Waals surface area contributed by atoms with E-state index in [1.165, 1.54) is 0 Å². The number of imidazole rings is 1. The second kappa shape index (κ2) is 7.71. The van der Waals surface area contributed by atoms with Crippen molar-refractivity contribution < 1.29 is 14.3 Å². The van der Waals surface area contributed by atoms with Crippen LogP contribution in [0.1, 0.15) is 16.2 Å². The molecule has 0 atom stereocenters. The number of fused-ring (bicyclic) bond motifs is 1. The fourth-order valence-corrected chi connectivity index (χ4v) is 2.60. The summed E-state index contributed by atoms with van der Waals surface area (Å²) >= 11 is 3.43. The summed E-state index contributed by atoms with van der Waals surface area (Å²) in [6.07, 6.45) is 1.85. The minimum absolute atomic E-state index is 0.0720. The molecule has 22 heavy (non-hydrogen) atoms. The third-order valence-corrected chi connectivity index (χ3v) is 3.85. The molecule has 0 bridgehead atoms. The van der Waals surface area contributed by atoms with Gasteiger partial charge < -0.3 is 14.4 Å². The van der Waals surface area contributed by atoms with Gasteiger partial charge in [-0.15, -0.1) is 0 Å². The monoisotopic (exact) mass is 369 g/mol. The Labute approximate surface area is 138 Å². The van der Waals surface area contributed by atoms with E-state index in [9.17, 15) is 4.79 Å². The molecule has 0 fully saturated rings. The molecule has 2 rings (SSSR count). The molecular weight excluding hydrogens is 350 g/mol. The van der Waals surface area contributed by atoms with Crippen LogP contribution in [0, 0.1) is 6.92 Å². The highest BCUT2D eigenvalue weighted by atomic mass is 79.9. The zero-order chi connectivity index (χ0) is 16.1. The molecule has 1 amide bonds. The minimum atomic E-state index is -0.0720. The molecule has 6 nitrogen and oxygen atoms in total. The highest BCUT2D eigenvalue weighted by Crippen LogP contribution is 2.18. The van der Waals surface area contributed by atoms with Gasteiger partial charge >= 0.3 is 0 Å². The summed E-state index contributed by atoms with van der Waals surface area (Å²) in [5.41, 5.74) is 2.04. The van der Waals surface area contributed by atoms with Crippen LogP contribution in [0.15, 0.2) is 22.8 Å². The van der Waals surface area contributed by atoms with E-state index in [2.05, 4.69) is 20.9 Å². The Kier molecular flexibility index (Phi) is 5.93. The summed E-state index contributed by atoms with van der Waals surface area (Å²) in [4.78, 5) is 19.1. The normalized spacial score (nSPS) is 11.1. The SMILES string of the molecule is COCCN(CCOC)C(=O)c1c(C)nc2ccc(Br)cn12. The molecule has 0 radical (unpaired) electrons. The van der Waals surface area contributed by atoms with Crippen LogP contribution in [0.4, 0.5) is 0 Å². The molecule has 0 aliphatic rings. The molecule has 0 aliphatic heterocycles. The number of nitrogens with zero attached hydrogens (tertiary/aromatic N) is 3. The Morgan fingerprint density at radius 2 is 1.91 bits per heavy atom. The van der Waals surface area contributed by atoms with Crippen LogP contribution in [0.3, 0.4) is 0 Å². The molecule has 2 heterocycles. The van der Waals surface area contributed by atoms with E-state index in [4.69, 9.17) is 9.47 Å². The Bertz CT molecular complexity index is 649. The van der Waals surface area contributed by atoms with Gasteiger partial charge in [-0.2, -0.15) is 0 Å². The van der Waals surface area contributed by atoms with Crippen molar-refractivity contribution in [2.24, 2.45) is 0 Å². The number of pyridine rings is 1. The number of carbonyl (C=O) groups excluding carboxylic acids is 1. The van der Waals surface area contributed by atoms with E-state index in [1.807, 2.05) is 29.7 Å². The van der Waals surface area contributed by atoms with Crippen molar-refractivity contribution in [1.82, 2.24) is 14.3 Å². The Morgan fingerprint density at radius 1 is 1.27 bits per heavy atom. The largest absolute Gasteiger partial charge is 0.383 e. The topological polar surface area (TPSA) is 56.1 Å². The first-order valence-corrected chi connectivity index (χ1v) is 7.79. The first-order valence-electron chi connectivity index (χ1n) is 7.00.